The molecule has 18 nitrogen and oxygen atoms in total. The molecule has 0 bridgehead atoms. The number of nitrogens with one attached hydrogen (secondary N) is 2. The Labute approximate surface area is 429 Å². The van der Waals surface area contributed by atoms with Gasteiger partial charge in [-0.1, -0.05) is 23.7 Å². The second-order valence-electron chi connectivity index (χ2n) is 19.3. The molecular weight excluding hydrogens is 1100 g/mol. The third-order valence-corrected chi connectivity index (χ3v) is 16.5. The number of fused-ring (bicyclic) bond motifs is 4. The lowest BCUT2D eigenvalue weighted by Crippen LogP contribution is -2.58. The topological polar surface area (TPSA) is 253 Å². The number of anilines is 1. The molecule has 1 saturated carbocycles. The summed E-state index contributed by atoms with van der Waals surface area (Å²) in [6.07, 6.45) is -12.0. The van der Waals surface area contributed by atoms with Crippen molar-refractivity contribution in [2.75, 3.05) is 16.8 Å². The highest BCUT2D eigenvalue weighted by molar-refractivity contribution is 7.93. The van der Waals surface area contributed by atoms with E-state index in [4.69, 9.17) is 11.6 Å². The minimum Gasteiger partial charge on any atom is -0.481 e. The number of halogens is 11. The van der Waals surface area contributed by atoms with Crippen LogP contribution in [0, 0.1) is 17.6 Å². The van der Waals surface area contributed by atoms with Crippen molar-refractivity contribution in [2.45, 2.75) is 106 Å². The monoisotopic (exact) mass is 1140 g/mol. The van der Waals surface area contributed by atoms with E-state index in [0.717, 1.165) is 36.6 Å². The molecule has 0 aliphatic heterocycles. The first-order valence-corrected chi connectivity index (χ1v) is 26.4. The Balaban J connectivity index is 1.47. The van der Waals surface area contributed by atoms with E-state index in [2.05, 4.69) is 20.5 Å². The SMILES string of the molecule is CC(C)(CCc1ccc(-c2ccc(Cl)c3c(N(C(=O)N[C@@](C)(CC(=O)O)C(=O)O)S(C)(=O)=O)nn(CC(F)(F)F)c23)c([C@H](Cc2cc(F)cc(F)c2)NC(=O)Cn2nc(C(F)(F)F)c3c2C(F)(F)C2C[C@H]32)n1)S(C)(=O)=O. The van der Waals surface area contributed by atoms with Crippen LogP contribution in [-0.2, 0) is 72.3 Å². The number of hydrogen-bond donors (Lipinski definition) is 4. The van der Waals surface area contributed by atoms with Crippen LogP contribution in [-0.4, -0.2) is 104 Å². The number of aromatic nitrogens is 5. The van der Waals surface area contributed by atoms with Gasteiger partial charge >= 0.3 is 30.3 Å². The maximum atomic E-state index is 15.6. The molecule has 31 heteroatoms. The van der Waals surface area contributed by atoms with Crippen LogP contribution in [0.15, 0.2) is 42.5 Å². The van der Waals surface area contributed by atoms with Crippen LogP contribution in [0.2, 0.25) is 5.02 Å². The van der Waals surface area contributed by atoms with Crippen LogP contribution in [0.3, 0.4) is 0 Å². The standard InChI is InChI=1S/C45H43ClF10N8O10S2/c1-41(2,75(4,71)72)11-10-23-6-7-24(25-8-9-28(46)33-35(25)63(19-43(49,50)51)61-38(33)64(76(5,73)74)40(70)59-42(3,39(68)69)17-31(66)67)34(57-23)29(14-20-12-21(47)15-22(48)13-20)58-30(65)18-62-37-32(36(60-62)45(54,55)56)26-16-27(26)44(37,52)53/h6-9,12-13,15,26-27,29H,10-11,14,16-19H2,1-5H3,(H,58,65)(H,59,70)(H,66,67)(H,68,69)/t26-,27?,29-,42-/m0/s1. The molecule has 76 heavy (non-hydrogen) atoms. The fraction of sp³-hybridized carbons (Fsp3) is 0.444. The van der Waals surface area contributed by atoms with Gasteiger partial charge in [0.15, 0.2) is 21.3 Å². The lowest BCUT2D eigenvalue weighted by atomic mass is 9.93. The minimum atomic E-state index is -5.25. The quantitative estimate of drug-likeness (QED) is 0.0616. The van der Waals surface area contributed by atoms with Crippen molar-refractivity contribution in [2.24, 2.45) is 5.92 Å². The first kappa shape index (κ1) is 57.2. The molecule has 2 aliphatic carbocycles. The molecule has 1 unspecified atom stereocenters. The number of sulfonamides is 1. The summed E-state index contributed by atoms with van der Waals surface area (Å²) in [4.78, 5) is 56.6. The molecule has 3 amide bonds. The van der Waals surface area contributed by atoms with Crippen LogP contribution in [0.5, 0.6) is 0 Å². The third kappa shape index (κ3) is 11.4. The van der Waals surface area contributed by atoms with Crippen molar-refractivity contribution in [1.82, 2.24) is 35.2 Å². The Bertz CT molecular complexity index is 3440. The Morgan fingerprint density at radius 1 is 0.908 bits per heavy atom. The van der Waals surface area contributed by atoms with E-state index >= 15 is 8.78 Å². The number of hydrogen-bond acceptors (Lipinski definition) is 11. The van der Waals surface area contributed by atoms with Crippen LogP contribution < -0.4 is 14.9 Å². The average Bonchev–Trinajstić information content (AvgIpc) is 3.76. The van der Waals surface area contributed by atoms with E-state index in [9.17, 15) is 81.4 Å². The first-order chi connectivity index (χ1) is 34.7. The first-order valence-electron chi connectivity index (χ1n) is 22.3. The van der Waals surface area contributed by atoms with E-state index in [1.54, 1.807) is 5.32 Å². The maximum absolute atomic E-state index is 15.6. The Hall–Kier alpha value is -6.56. The van der Waals surface area contributed by atoms with Crippen molar-refractivity contribution in [3.05, 3.63) is 93.0 Å². The number of benzene rings is 2. The number of carbonyl (C=O) groups excluding carboxylic acids is 2. The number of carbonyl (C=O) groups is 4. The van der Waals surface area contributed by atoms with Crippen molar-refractivity contribution in [3.63, 3.8) is 0 Å². The van der Waals surface area contributed by atoms with E-state index in [1.807, 2.05) is 0 Å². The normalized spacial score (nSPS) is 17.6. The number of carboxylic acid groups (broad SMARTS) is 2. The number of pyridine rings is 1. The van der Waals surface area contributed by atoms with Gasteiger partial charge in [0.05, 0.1) is 45.1 Å². The van der Waals surface area contributed by atoms with Gasteiger partial charge in [-0.2, -0.15) is 49.6 Å². The molecule has 0 saturated heterocycles. The summed E-state index contributed by atoms with van der Waals surface area (Å²) in [7, 11) is -8.92. The molecular formula is C45H43ClF10N8O10S2. The number of amides is 3. The molecule has 3 aromatic heterocycles. The summed E-state index contributed by atoms with van der Waals surface area (Å²) in [5, 5.41) is 29.2. The van der Waals surface area contributed by atoms with Crippen LogP contribution >= 0.6 is 11.6 Å². The molecule has 2 aromatic carbocycles. The van der Waals surface area contributed by atoms with Gasteiger partial charge < -0.3 is 20.8 Å². The lowest BCUT2D eigenvalue weighted by molar-refractivity contribution is -0.150. The van der Waals surface area contributed by atoms with E-state index < -0.39 is 178 Å². The van der Waals surface area contributed by atoms with Gasteiger partial charge in [0, 0.05) is 40.6 Å². The van der Waals surface area contributed by atoms with Crippen LogP contribution in [0.25, 0.3) is 22.0 Å². The van der Waals surface area contributed by atoms with Gasteiger partial charge in [0.25, 0.3) is 5.92 Å². The Kier molecular flexibility index (Phi) is 14.6. The second-order valence-corrected chi connectivity index (χ2v) is 24.2. The van der Waals surface area contributed by atoms with Crippen LogP contribution in [0.4, 0.5) is 54.5 Å². The van der Waals surface area contributed by atoms with Crippen molar-refractivity contribution in [3.8, 4) is 11.1 Å². The lowest BCUT2D eigenvalue weighted by Gasteiger charge is -2.28. The molecule has 4 atom stereocenters. The van der Waals surface area contributed by atoms with Gasteiger partial charge in [-0.3, -0.25) is 23.9 Å². The van der Waals surface area contributed by atoms with Crippen molar-refractivity contribution in [1.29, 1.82) is 0 Å². The zero-order valence-electron chi connectivity index (χ0n) is 40.0. The molecule has 4 N–H and O–H groups in total. The summed E-state index contributed by atoms with van der Waals surface area (Å²) in [5.41, 5.74) is -8.75. The zero-order valence-corrected chi connectivity index (χ0v) is 42.4. The highest BCUT2D eigenvalue weighted by Gasteiger charge is 2.68. The van der Waals surface area contributed by atoms with Crippen LogP contribution in [0.1, 0.15) is 85.9 Å². The van der Waals surface area contributed by atoms with Gasteiger partial charge in [0.2, 0.25) is 15.9 Å². The second kappa shape index (κ2) is 19.5. The van der Waals surface area contributed by atoms with Gasteiger partial charge in [-0.15, -0.1) is 0 Å². The highest BCUT2D eigenvalue weighted by atomic mass is 35.5. The molecule has 2 aliphatic rings. The molecule has 412 valence electrons. The summed E-state index contributed by atoms with van der Waals surface area (Å²) in [6, 6.07) is 2.68. The minimum absolute atomic E-state index is 0.0174. The maximum Gasteiger partial charge on any atom is 0.435 e. The van der Waals surface area contributed by atoms with Crippen molar-refractivity contribution >= 4 is 72.1 Å². The summed E-state index contributed by atoms with van der Waals surface area (Å²) < 4.78 is 199. The predicted octanol–water partition coefficient (Wildman–Crippen LogP) is 7.67. The predicted molar refractivity (Wildman–Crippen MR) is 248 cm³/mol. The number of aliphatic carboxylic acids is 2. The zero-order chi connectivity index (χ0) is 56.8. The number of alkyl halides is 8. The smallest absolute Gasteiger partial charge is 0.435 e. The molecule has 5 aromatic rings. The number of urea groups is 1. The number of sulfone groups is 1. The van der Waals surface area contributed by atoms with Crippen molar-refractivity contribution < 1.29 is 90.1 Å². The fourth-order valence-electron chi connectivity index (χ4n) is 8.99. The number of rotatable bonds is 18. The molecule has 0 radical (unpaired) electrons. The van der Waals surface area contributed by atoms with Gasteiger partial charge in [-0.05, 0) is 82.2 Å². The fourth-order valence-corrected chi connectivity index (χ4v) is 10.5. The Morgan fingerprint density at radius 3 is 2.08 bits per heavy atom. The van der Waals surface area contributed by atoms with Gasteiger partial charge in [-0.25, -0.2) is 35.2 Å². The largest absolute Gasteiger partial charge is 0.481 e. The Morgan fingerprint density at radius 2 is 1.53 bits per heavy atom. The molecule has 3 heterocycles. The molecule has 1 fully saturated rings. The van der Waals surface area contributed by atoms with E-state index in [1.165, 1.54) is 19.9 Å². The van der Waals surface area contributed by atoms with E-state index in [-0.39, 0.29) is 49.8 Å². The average molecular weight is 1150 g/mol. The number of carboxylic acids is 2. The summed E-state index contributed by atoms with van der Waals surface area (Å²) in [5.74, 6) is -15.3. The van der Waals surface area contributed by atoms with Gasteiger partial charge in [0.1, 0.15) is 36.0 Å². The summed E-state index contributed by atoms with van der Waals surface area (Å²) >= 11 is 6.61. The number of aryl methyl sites for hydroxylation is 1. The number of nitrogens with zero attached hydrogens (tertiary/aromatic N) is 6. The molecule has 0 spiro atoms. The third-order valence-electron chi connectivity index (χ3n) is 13.0. The highest BCUT2D eigenvalue weighted by Crippen LogP contribution is 2.68. The van der Waals surface area contributed by atoms with E-state index in [0.29, 0.717) is 19.2 Å². The summed E-state index contributed by atoms with van der Waals surface area (Å²) in [6.45, 7) is -0.0177. The molecule has 7 rings (SSSR count).